The number of hydrogen-bond donors (Lipinski definition) is 1. The molecule has 7 heteroatoms. The second kappa shape index (κ2) is 7.95. The Morgan fingerprint density at radius 1 is 1.48 bits per heavy atom. The van der Waals surface area contributed by atoms with Crippen LogP contribution in [0.15, 0.2) is 18.2 Å². The number of nitrogens with zero attached hydrogens (tertiary/aromatic N) is 2. The Morgan fingerprint density at radius 2 is 2.14 bits per heavy atom. The molecule has 0 atom stereocenters. The number of non-ortho nitro benzene ring substituents is 1. The molecule has 0 unspecified atom stereocenters. The van der Waals surface area contributed by atoms with Gasteiger partial charge in [-0.1, -0.05) is 11.6 Å². The lowest BCUT2D eigenvalue weighted by atomic mass is 10.1. The topological polar surface area (TPSA) is 83.7 Å². The van der Waals surface area contributed by atoms with E-state index in [1.54, 1.807) is 6.07 Å². The van der Waals surface area contributed by atoms with Crippen LogP contribution in [0.25, 0.3) is 0 Å². The number of carboxylic acids is 1. The van der Waals surface area contributed by atoms with Crippen molar-refractivity contribution in [1.82, 2.24) is 4.90 Å². The minimum atomic E-state index is -0.813. The van der Waals surface area contributed by atoms with Gasteiger partial charge in [-0.3, -0.25) is 19.8 Å². The molecule has 0 saturated heterocycles. The van der Waals surface area contributed by atoms with Gasteiger partial charge in [0.2, 0.25) is 0 Å². The van der Waals surface area contributed by atoms with Crippen LogP contribution < -0.4 is 0 Å². The second-order valence-electron chi connectivity index (χ2n) is 5.09. The molecule has 0 aliphatic carbocycles. The lowest BCUT2D eigenvalue weighted by Crippen LogP contribution is -2.31. The minimum absolute atomic E-state index is 0.0364. The Balaban J connectivity index is 2.75. The maximum absolute atomic E-state index is 10.7. The normalized spacial score (nSPS) is 11.1. The first-order valence-corrected chi connectivity index (χ1v) is 7.07. The van der Waals surface area contributed by atoms with Crippen molar-refractivity contribution in [1.29, 1.82) is 0 Å². The maximum Gasteiger partial charge on any atom is 0.303 e. The number of benzene rings is 1. The molecule has 0 heterocycles. The third kappa shape index (κ3) is 5.69. The van der Waals surface area contributed by atoms with Gasteiger partial charge in [-0.05, 0) is 38.4 Å². The molecular weight excluding hydrogens is 296 g/mol. The van der Waals surface area contributed by atoms with Crippen LogP contribution in [0.5, 0.6) is 0 Å². The zero-order valence-electron chi connectivity index (χ0n) is 12.1. The summed E-state index contributed by atoms with van der Waals surface area (Å²) in [5.74, 6) is -0.813. The first kappa shape index (κ1) is 17.4. The number of nitro benzene ring substituents is 1. The molecule has 21 heavy (non-hydrogen) atoms. The first-order valence-electron chi connectivity index (χ1n) is 6.70. The minimum Gasteiger partial charge on any atom is -0.481 e. The number of halogens is 1. The van der Waals surface area contributed by atoms with E-state index in [0.29, 0.717) is 24.5 Å². The predicted molar refractivity (Wildman–Crippen MR) is 80.5 cm³/mol. The Bertz CT molecular complexity index is 520. The third-order valence-corrected chi connectivity index (χ3v) is 3.54. The summed E-state index contributed by atoms with van der Waals surface area (Å²) in [5, 5.41) is 19.7. The van der Waals surface area contributed by atoms with Crippen molar-refractivity contribution in [3.63, 3.8) is 0 Å². The highest BCUT2D eigenvalue weighted by Gasteiger charge is 2.15. The molecule has 1 aromatic carbocycles. The van der Waals surface area contributed by atoms with Gasteiger partial charge in [-0.25, -0.2) is 0 Å². The predicted octanol–water partition coefficient (Wildman–Crippen LogP) is 3.32. The lowest BCUT2D eigenvalue weighted by molar-refractivity contribution is -0.384. The number of carboxylic acid groups (broad SMARTS) is 1. The smallest absolute Gasteiger partial charge is 0.303 e. The van der Waals surface area contributed by atoms with Gasteiger partial charge in [0.1, 0.15) is 0 Å². The molecule has 1 rings (SSSR count). The molecule has 0 bridgehead atoms. The lowest BCUT2D eigenvalue weighted by Gasteiger charge is -2.26. The first-order chi connectivity index (χ1) is 9.81. The fourth-order valence-electron chi connectivity index (χ4n) is 1.95. The summed E-state index contributed by atoms with van der Waals surface area (Å²) in [6.07, 6.45) is 0.676. The Hall–Kier alpha value is -1.66. The summed E-state index contributed by atoms with van der Waals surface area (Å²) in [6.45, 7) is 5.20. The van der Waals surface area contributed by atoms with Crippen molar-refractivity contribution in [3.05, 3.63) is 38.9 Å². The van der Waals surface area contributed by atoms with E-state index in [9.17, 15) is 14.9 Å². The van der Waals surface area contributed by atoms with E-state index in [1.165, 1.54) is 12.1 Å². The number of rotatable bonds is 8. The van der Waals surface area contributed by atoms with Crippen molar-refractivity contribution >= 4 is 23.3 Å². The average molecular weight is 315 g/mol. The quantitative estimate of drug-likeness (QED) is 0.587. The number of carbonyl (C=O) groups is 1. The number of hydrogen-bond acceptors (Lipinski definition) is 4. The maximum atomic E-state index is 10.7. The van der Waals surface area contributed by atoms with E-state index in [0.717, 1.165) is 5.56 Å². The van der Waals surface area contributed by atoms with E-state index in [1.807, 2.05) is 13.8 Å². The van der Waals surface area contributed by atoms with Crippen LogP contribution in [0.4, 0.5) is 5.69 Å². The zero-order chi connectivity index (χ0) is 16.0. The van der Waals surface area contributed by atoms with Gasteiger partial charge in [0.05, 0.1) is 9.95 Å². The van der Waals surface area contributed by atoms with Gasteiger partial charge in [0, 0.05) is 31.1 Å². The highest BCUT2D eigenvalue weighted by Crippen LogP contribution is 2.24. The van der Waals surface area contributed by atoms with Crippen molar-refractivity contribution in [3.8, 4) is 0 Å². The molecule has 0 radical (unpaired) electrons. The monoisotopic (exact) mass is 314 g/mol. The van der Waals surface area contributed by atoms with Crippen LogP contribution in [0.1, 0.15) is 32.3 Å². The van der Waals surface area contributed by atoms with Crippen LogP contribution in [-0.2, 0) is 11.3 Å². The molecule has 1 N–H and O–H groups in total. The van der Waals surface area contributed by atoms with Gasteiger partial charge in [0.15, 0.2) is 0 Å². The fraction of sp³-hybridized carbons (Fsp3) is 0.500. The van der Waals surface area contributed by atoms with Crippen molar-refractivity contribution < 1.29 is 14.8 Å². The molecule has 1 aromatic rings. The number of nitro groups is 1. The molecule has 0 spiro atoms. The standard InChI is InChI=1S/C14H19ClN2O4/c1-10(2)16(7-3-4-14(18)19)9-11-5-6-12(17(20)21)8-13(11)15/h5-6,8,10H,3-4,7,9H2,1-2H3,(H,18,19). The van der Waals surface area contributed by atoms with Crippen LogP contribution in [0.2, 0.25) is 5.02 Å². The van der Waals surface area contributed by atoms with Crippen molar-refractivity contribution in [2.75, 3.05) is 6.54 Å². The van der Waals surface area contributed by atoms with Gasteiger partial charge in [-0.15, -0.1) is 0 Å². The molecule has 0 aliphatic heterocycles. The molecular formula is C14H19ClN2O4. The zero-order valence-corrected chi connectivity index (χ0v) is 12.8. The van der Waals surface area contributed by atoms with E-state index >= 15 is 0 Å². The van der Waals surface area contributed by atoms with E-state index in [-0.39, 0.29) is 18.2 Å². The third-order valence-electron chi connectivity index (χ3n) is 3.19. The van der Waals surface area contributed by atoms with E-state index in [4.69, 9.17) is 16.7 Å². The Kier molecular flexibility index (Phi) is 6.58. The van der Waals surface area contributed by atoms with Crippen molar-refractivity contribution in [2.45, 2.75) is 39.3 Å². The molecule has 0 fully saturated rings. The van der Waals surface area contributed by atoms with E-state index in [2.05, 4.69) is 4.90 Å². The average Bonchev–Trinajstić information content (AvgIpc) is 2.38. The van der Waals surface area contributed by atoms with E-state index < -0.39 is 10.9 Å². The van der Waals surface area contributed by atoms with Gasteiger partial charge in [0.25, 0.3) is 5.69 Å². The molecule has 116 valence electrons. The van der Waals surface area contributed by atoms with Gasteiger partial charge >= 0.3 is 5.97 Å². The van der Waals surface area contributed by atoms with Crippen LogP contribution in [-0.4, -0.2) is 33.5 Å². The Morgan fingerprint density at radius 3 is 2.62 bits per heavy atom. The largest absolute Gasteiger partial charge is 0.481 e. The molecule has 0 aromatic heterocycles. The number of aliphatic carboxylic acids is 1. The molecule has 6 nitrogen and oxygen atoms in total. The van der Waals surface area contributed by atoms with Crippen LogP contribution in [0.3, 0.4) is 0 Å². The fourth-order valence-corrected chi connectivity index (χ4v) is 2.18. The summed E-state index contributed by atoms with van der Waals surface area (Å²) in [4.78, 5) is 22.9. The van der Waals surface area contributed by atoms with Crippen LogP contribution in [0, 0.1) is 10.1 Å². The Labute approximate surface area is 128 Å². The van der Waals surface area contributed by atoms with Crippen molar-refractivity contribution in [2.24, 2.45) is 0 Å². The molecule has 0 amide bonds. The second-order valence-corrected chi connectivity index (χ2v) is 5.50. The summed E-state index contributed by atoms with van der Waals surface area (Å²) >= 11 is 6.08. The molecule has 0 saturated carbocycles. The summed E-state index contributed by atoms with van der Waals surface area (Å²) in [5.41, 5.74) is 0.761. The van der Waals surface area contributed by atoms with Crippen LogP contribution >= 0.6 is 11.6 Å². The van der Waals surface area contributed by atoms with Gasteiger partial charge in [-0.2, -0.15) is 0 Å². The SMILES string of the molecule is CC(C)N(CCCC(=O)O)Cc1ccc([N+](=O)[O-])cc1Cl. The summed E-state index contributed by atoms with van der Waals surface area (Å²) in [7, 11) is 0. The van der Waals surface area contributed by atoms with Gasteiger partial charge < -0.3 is 5.11 Å². The summed E-state index contributed by atoms with van der Waals surface area (Å²) < 4.78 is 0. The highest BCUT2D eigenvalue weighted by atomic mass is 35.5. The molecule has 0 aliphatic rings. The summed E-state index contributed by atoms with van der Waals surface area (Å²) in [6, 6.07) is 4.64. The highest BCUT2D eigenvalue weighted by molar-refractivity contribution is 6.31.